The normalized spacial score (nSPS) is 17.3. The minimum atomic E-state index is -2.31. The summed E-state index contributed by atoms with van der Waals surface area (Å²) in [6.45, 7) is 0.784. The lowest BCUT2D eigenvalue weighted by Gasteiger charge is -2.30. The number of nitrogens with one attached hydrogen (secondary N) is 2. The van der Waals surface area contributed by atoms with E-state index in [4.69, 9.17) is 32.7 Å². The molecule has 4 rings (SSSR count). The summed E-state index contributed by atoms with van der Waals surface area (Å²) in [7, 11) is 0. The van der Waals surface area contributed by atoms with Crippen LogP contribution in [-0.4, -0.2) is 59.1 Å². The summed E-state index contributed by atoms with van der Waals surface area (Å²) < 4.78 is 11.0. The predicted octanol–water partition coefficient (Wildman–Crippen LogP) is 4.76. The molecule has 0 bridgehead atoms. The van der Waals surface area contributed by atoms with Gasteiger partial charge in [0, 0.05) is 35.0 Å². The van der Waals surface area contributed by atoms with Crippen LogP contribution in [-0.2, 0) is 32.3 Å². The van der Waals surface area contributed by atoms with Crippen molar-refractivity contribution in [1.29, 1.82) is 0 Å². The van der Waals surface area contributed by atoms with Crippen molar-refractivity contribution in [3.05, 3.63) is 63.6 Å². The van der Waals surface area contributed by atoms with Gasteiger partial charge in [-0.2, -0.15) is 0 Å². The molecule has 3 amide bonds. The van der Waals surface area contributed by atoms with Crippen LogP contribution in [0.1, 0.15) is 62.5 Å². The number of aldehydes is 1. The van der Waals surface area contributed by atoms with Crippen LogP contribution < -0.4 is 15.4 Å². The van der Waals surface area contributed by atoms with E-state index in [2.05, 4.69) is 10.6 Å². The van der Waals surface area contributed by atoms with E-state index in [-0.39, 0.29) is 50.7 Å². The second kappa shape index (κ2) is 15.4. The van der Waals surface area contributed by atoms with Crippen LogP contribution in [0.5, 0.6) is 5.75 Å². The molecule has 1 heterocycles. The van der Waals surface area contributed by atoms with Crippen LogP contribution in [0.15, 0.2) is 42.5 Å². The summed E-state index contributed by atoms with van der Waals surface area (Å²) in [6, 6.07) is 11.0. The molecular formula is C31H37Cl2N3O7. The Kier molecular flexibility index (Phi) is 11.7. The molecule has 2 aliphatic rings. The Morgan fingerprint density at radius 2 is 1.88 bits per heavy atom. The Morgan fingerprint density at radius 3 is 2.63 bits per heavy atom. The van der Waals surface area contributed by atoms with Crippen LogP contribution >= 0.6 is 23.2 Å². The molecule has 2 aromatic carbocycles. The van der Waals surface area contributed by atoms with E-state index < -0.39 is 23.8 Å². The minimum Gasteiger partial charge on any atom is -0.491 e. The zero-order chi connectivity index (χ0) is 30.8. The number of ether oxygens (including phenoxy) is 2. The van der Waals surface area contributed by atoms with Crippen LogP contribution in [0, 0.1) is 5.92 Å². The molecule has 232 valence electrons. The van der Waals surface area contributed by atoms with Crippen LogP contribution in [0.2, 0.25) is 10.0 Å². The van der Waals surface area contributed by atoms with E-state index in [0.29, 0.717) is 34.3 Å². The molecule has 0 radical (unpaired) electrons. The Hall–Kier alpha value is -3.34. The van der Waals surface area contributed by atoms with E-state index in [1.807, 2.05) is 0 Å². The molecule has 10 nitrogen and oxygen atoms in total. The number of carbonyl (C=O) groups is 4. The van der Waals surface area contributed by atoms with Crippen molar-refractivity contribution >= 4 is 47.4 Å². The van der Waals surface area contributed by atoms with Gasteiger partial charge in [0.1, 0.15) is 25.0 Å². The third-order valence-electron chi connectivity index (χ3n) is 7.77. The topological polar surface area (TPSA) is 134 Å². The van der Waals surface area contributed by atoms with Gasteiger partial charge in [0.2, 0.25) is 11.8 Å². The van der Waals surface area contributed by atoms with Gasteiger partial charge >= 0.3 is 6.09 Å². The Balaban J connectivity index is 1.36. The first-order valence-corrected chi connectivity index (χ1v) is 15.3. The first kappa shape index (κ1) is 32.6. The minimum absolute atomic E-state index is 0.0528. The number of amides is 3. The first-order chi connectivity index (χ1) is 20.6. The van der Waals surface area contributed by atoms with E-state index in [1.165, 1.54) is 0 Å². The van der Waals surface area contributed by atoms with Crippen LogP contribution in [0.25, 0.3) is 0 Å². The fourth-order valence-electron chi connectivity index (χ4n) is 5.43. The molecule has 0 aromatic heterocycles. The molecule has 12 heteroatoms. The fourth-order valence-corrected chi connectivity index (χ4v) is 5.84. The van der Waals surface area contributed by atoms with Gasteiger partial charge in [0.15, 0.2) is 12.0 Å². The number of rotatable bonds is 11. The van der Waals surface area contributed by atoms with Crippen molar-refractivity contribution in [2.75, 3.05) is 13.2 Å². The van der Waals surface area contributed by atoms with Gasteiger partial charge in [-0.05, 0) is 48.2 Å². The van der Waals surface area contributed by atoms with E-state index >= 15 is 0 Å². The number of aliphatic hydroxyl groups is 1. The molecule has 1 fully saturated rings. The van der Waals surface area contributed by atoms with Crippen molar-refractivity contribution in [3.63, 3.8) is 0 Å². The van der Waals surface area contributed by atoms with Crippen molar-refractivity contribution in [3.8, 4) is 5.75 Å². The summed E-state index contributed by atoms with van der Waals surface area (Å²) in [5, 5.41) is 17.0. The summed E-state index contributed by atoms with van der Waals surface area (Å²) in [4.78, 5) is 52.6. The molecular weight excluding hydrogens is 597 g/mol. The molecule has 2 aromatic rings. The number of hydrogen-bond acceptors (Lipinski definition) is 7. The quantitative estimate of drug-likeness (QED) is 0.240. The lowest BCUT2D eigenvalue weighted by Crippen LogP contribution is -2.57. The zero-order valence-corrected chi connectivity index (χ0v) is 25.4. The highest BCUT2D eigenvalue weighted by atomic mass is 35.5. The maximum Gasteiger partial charge on any atom is 0.408 e. The molecule has 1 saturated carbocycles. The lowest BCUT2D eigenvalue weighted by atomic mass is 9.84. The summed E-state index contributed by atoms with van der Waals surface area (Å²) >= 11 is 12.1. The predicted molar refractivity (Wildman–Crippen MR) is 161 cm³/mol. The molecule has 1 aliphatic heterocycles. The summed E-state index contributed by atoms with van der Waals surface area (Å²) in [5.74, 6) is -0.240. The maximum atomic E-state index is 13.4. The number of hydrogen-bond donors (Lipinski definition) is 3. The van der Waals surface area contributed by atoms with Crippen LogP contribution in [0.3, 0.4) is 0 Å². The van der Waals surface area contributed by atoms with Gasteiger partial charge in [-0.3, -0.25) is 14.4 Å². The first-order valence-electron chi connectivity index (χ1n) is 14.5. The summed E-state index contributed by atoms with van der Waals surface area (Å²) in [6.07, 6.45) is 4.12. The van der Waals surface area contributed by atoms with Gasteiger partial charge in [-0.25, -0.2) is 4.79 Å². The van der Waals surface area contributed by atoms with Gasteiger partial charge in [0.05, 0.1) is 6.54 Å². The third-order valence-corrected chi connectivity index (χ3v) is 8.24. The van der Waals surface area contributed by atoms with Gasteiger partial charge in [-0.15, -0.1) is 0 Å². The largest absolute Gasteiger partial charge is 0.491 e. The van der Waals surface area contributed by atoms with Gasteiger partial charge in [-0.1, -0.05) is 67.4 Å². The Labute approximate surface area is 261 Å². The number of fused-ring (bicyclic) bond motifs is 1. The third kappa shape index (κ3) is 9.84. The van der Waals surface area contributed by atoms with Crippen LogP contribution in [0.4, 0.5) is 4.79 Å². The average molecular weight is 635 g/mol. The molecule has 0 spiro atoms. The van der Waals surface area contributed by atoms with Crippen molar-refractivity contribution in [1.82, 2.24) is 15.5 Å². The van der Waals surface area contributed by atoms with Gasteiger partial charge in [0.25, 0.3) is 0 Å². The maximum absolute atomic E-state index is 13.4. The number of carbonyl (C=O) groups excluding carboxylic acids is 4. The standard InChI is InChI=1S/C31H37Cl2N3O7/c32-24-8-4-7-22(15-24)19-43-30(40)34-26(16-21-5-2-1-3-6-21)29(39)35-31(41,20-37)12-11-28(38)36-13-14-42-27-10-9-25(33)17-23(27)18-36/h4,7-10,15,17,20-21,26,41H,1-3,5-6,11-14,16,18-19H2,(H,34,40)(H,35,39)/t26-,31?/m0/s1. The number of nitrogens with zero attached hydrogens (tertiary/aromatic N) is 1. The highest BCUT2D eigenvalue weighted by molar-refractivity contribution is 6.30. The second-order valence-electron chi connectivity index (χ2n) is 11.1. The van der Waals surface area contributed by atoms with Crippen molar-refractivity contribution in [2.24, 2.45) is 5.92 Å². The Bertz CT molecular complexity index is 1300. The smallest absolute Gasteiger partial charge is 0.408 e. The summed E-state index contributed by atoms with van der Waals surface area (Å²) in [5.41, 5.74) is -0.886. The highest BCUT2D eigenvalue weighted by Crippen LogP contribution is 2.29. The molecule has 1 aliphatic carbocycles. The molecule has 1 unspecified atom stereocenters. The van der Waals surface area contributed by atoms with Crippen molar-refractivity contribution in [2.45, 2.75) is 76.3 Å². The van der Waals surface area contributed by atoms with Crippen molar-refractivity contribution < 1.29 is 33.8 Å². The van der Waals surface area contributed by atoms with E-state index in [9.17, 15) is 24.3 Å². The number of halogens is 2. The molecule has 0 saturated heterocycles. The van der Waals surface area contributed by atoms with Gasteiger partial charge < -0.3 is 30.1 Å². The Morgan fingerprint density at radius 1 is 1.12 bits per heavy atom. The average Bonchev–Trinajstić information content (AvgIpc) is 3.21. The highest BCUT2D eigenvalue weighted by Gasteiger charge is 2.35. The second-order valence-corrected chi connectivity index (χ2v) is 12.0. The SMILES string of the molecule is O=CC(O)(CCC(=O)N1CCOc2ccc(Cl)cc2C1)NC(=O)[C@H](CC1CCCCC1)NC(=O)OCc1cccc(Cl)c1. The monoisotopic (exact) mass is 633 g/mol. The number of benzene rings is 2. The number of alkyl carbamates (subject to hydrolysis) is 1. The molecule has 2 atom stereocenters. The fraction of sp³-hybridized carbons (Fsp3) is 0.484. The van der Waals surface area contributed by atoms with E-state index in [1.54, 1.807) is 47.4 Å². The molecule has 43 heavy (non-hydrogen) atoms. The molecule has 3 N–H and O–H groups in total. The zero-order valence-electron chi connectivity index (χ0n) is 23.9. The lowest BCUT2D eigenvalue weighted by molar-refractivity contribution is -0.143. The van der Waals surface area contributed by atoms with E-state index in [0.717, 1.165) is 37.7 Å².